The molecule has 0 atom stereocenters. The molecule has 4 aromatic rings. The van der Waals surface area contributed by atoms with Gasteiger partial charge in [-0.05, 0) is 31.2 Å². The molecule has 0 N–H and O–H groups in total. The minimum atomic E-state index is -0.633. The van der Waals surface area contributed by atoms with E-state index in [9.17, 15) is 9.59 Å². The lowest BCUT2D eigenvalue weighted by Gasteiger charge is -2.07. The molecular formula is C21H15Cl2N3O4. The quantitative estimate of drug-likeness (QED) is 0.419. The van der Waals surface area contributed by atoms with Gasteiger partial charge in [0.1, 0.15) is 0 Å². The summed E-state index contributed by atoms with van der Waals surface area (Å²) in [6, 6.07) is 12.1. The van der Waals surface area contributed by atoms with E-state index < -0.39 is 5.97 Å². The summed E-state index contributed by atoms with van der Waals surface area (Å²) in [7, 11) is 0. The predicted octanol–water partition coefficient (Wildman–Crippen LogP) is 4.58. The Morgan fingerprint density at radius 2 is 1.97 bits per heavy atom. The highest BCUT2D eigenvalue weighted by molar-refractivity contribution is 6.38. The second-order valence-electron chi connectivity index (χ2n) is 6.34. The average Bonchev–Trinajstić information content (AvgIpc) is 3.15. The Bertz CT molecular complexity index is 1300. The van der Waals surface area contributed by atoms with Gasteiger partial charge in [0.2, 0.25) is 5.89 Å². The molecule has 0 unspecified atom stereocenters. The Hall–Kier alpha value is -3.16. The molecule has 0 aliphatic carbocycles. The molecule has 0 saturated carbocycles. The molecule has 2 heterocycles. The predicted molar refractivity (Wildman–Crippen MR) is 113 cm³/mol. The van der Waals surface area contributed by atoms with Crippen LogP contribution in [0.25, 0.3) is 22.4 Å². The van der Waals surface area contributed by atoms with Crippen LogP contribution in [0.2, 0.25) is 10.0 Å². The second kappa shape index (κ2) is 8.30. The van der Waals surface area contributed by atoms with Crippen molar-refractivity contribution >= 4 is 40.1 Å². The number of nitrogens with zero attached hydrogens (tertiary/aromatic N) is 3. The van der Waals surface area contributed by atoms with Crippen LogP contribution in [-0.4, -0.2) is 27.1 Å². The standard InChI is InChI=1S/C21H15Cl2N3O4/c1-2-29-21(28)18-16(30-19(25-18)12-6-4-3-5-7-12)10-26-11-24-17-14(20(26)27)8-13(22)9-15(17)23/h3-9,11H,2,10H2,1H3. The van der Waals surface area contributed by atoms with Crippen molar-refractivity contribution in [1.29, 1.82) is 0 Å². The van der Waals surface area contributed by atoms with Gasteiger partial charge in [0.15, 0.2) is 11.5 Å². The summed E-state index contributed by atoms with van der Waals surface area (Å²) >= 11 is 12.2. The molecule has 0 fully saturated rings. The molecule has 2 aromatic carbocycles. The molecule has 0 bridgehead atoms. The van der Waals surface area contributed by atoms with E-state index in [0.717, 1.165) is 0 Å². The van der Waals surface area contributed by atoms with E-state index in [4.69, 9.17) is 32.4 Å². The average molecular weight is 444 g/mol. The van der Waals surface area contributed by atoms with Gasteiger partial charge in [0.05, 0.1) is 35.4 Å². The fourth-order valence-electron chi connectivity index (χ4n) is 2.98. The smallest absolute Gasteiger partial charge is 0.360 e. The first-order valence-electron chi connectivity index (χ1n) is 9.04. The third-order valence-electron chi connectivity index (χ3n) is 4.35. The summed E-state index contributed by atoms with van der Waals surface area (Å²) in [5.74, 6) is -0.198. The lowest BCUT2D eigenvalue weighted by molar-refractivity contribution is 0.0517. The first-order chi connectivity index (χ1) is 14.5. The van der Waals surface area contributed by atoms with Gasteiger partial charge in [-0.3, -0.25) is 9.36 Å². The highest BCUT2D eigenvalue weighted by Crippen LogP contribution is 2.25. The number of hydrogen-bond donors (Lipinski definition) is 0. The van der Waals surface area contributed by atoms with Crippen LogP contribution < -0.4 is 5.56 Å². The maximum Gasteiger partial charge on any atom is 0.360 e. The van der Waals surface area contributed by atoms with Crippen LogP contribution in [0, 0.1) is 0 Å². The molecule has 9 heteroatoms. The normalized spacial score (nSPS) is 11.0. The molecule has 2 aromatic heterocycles. The summed E-state index contributed by atoms with van der Waals surface area (Å²) in [6.07, 6.45) is 1.34. The van der Waals surface area contributed by atoms with Crippen molar-refractivity contribution in [2.75, 3.05) is 6.61 Å². The monoisotopic (exact) mass is 443 g/mol. The minimum Gasteiger partial charge on any atom is -0.461 e. The van der Waals surface area contributed by atoms with E-state index >= 15 is 0 Å². The third kappa shape index (κ3) is 3.81. The van der Waals surface area contributed by atoms with Gasteiger partial charge in [-0.1, -0.05) is 41.4 Å². The van der Waals surface area contributed by atoms with E-state index in [-0.39, 0.29) is 46.5 Å². The van der Waals surface area contributed by atoms with Gasteiger partial charge >= 0.3 is 5.97 Å². The van der Waals surface area contributed by atoms with Crippen LogP contribution in [-0.2, 0) is 11.3 Å². The molecule has 0 saturated heterocycles. The van der Waals surface area contributed by atoms with Gasteiger partial charge in [-0.25, -0.2) is 14.8 Å². The molecule has 4 rings (SSSR count). The zero-order chi connectivity index (χ0) is 21.3. The van der Waals surface area contributed by atoms with E-state index in [0.29, 0.717) is 16.1 Å². The van der Waals surface area contributed by atoms with Crippen molar-refractivity contribution < 1.29 is 13.9 Å². The number of aromatic nitrogens is 3. The van der Waals surface area contributed by atoms with Gasteiger partial charge in [0, 0.05) is 10.6 Å². The van der Waals surface area contributed by atoms with Crippen molar-refractivity contribution in [3.8, 4) is 11.5 Å². The highest BCUT2D eigenvalue weighted by atomic mass is 35.5. The lowest BCUT2D eigenvalue weighted by atomic mass is 10.2. The molecule has 0 amide bonds. The Kier molecular flexibility index (Phi) is 5.57. The summed E-state index contributed by atoms with van der Waals surface area (Å²) in [6.45, 7) is 1.81. The Balaban J connectivity index is 1.80. The van der Waals surface area contributed by atoms with E-state index in [1.807, 2.05) is 18.2 Å². The second-order valence-corrected chi connectivity index (χ2v) is 7.18. The maximum absolute atomic E-state index is 12.9. The summed E-state index contributed by atoms with van der Waals surface area (Å²) in [5, 5.41) is 0.859. The minimum absolute atomic E-state index is 0.00632. The number of oxazole rings is 1. The van der Waals surface area contributed by atoms with Gasteiger partial charge in [-0.2, -0.15) is 0 Å². The molecule has 0 radical (unpaired) electrons. The number of ether oxygens (including phenoxy) is 1. The Labute approximate surface area is 180 Å². The molecule has 0 aliphatic heterocycles. The number of benzene rings is 2. The number of rotatable bonds is 5. The van der Waals surface area contributed by atoms with E-state index in [1.165, 1.54) is 23.0 Å². The number of fused-ring (bicyclic) bond motifs is 1. The maximum atomic E-state index is 12.9. The van der Waals surface area contributed by atoms with Gasteiger partial charge < -0.3 is 9.15 Å². The lowest BCUT2D eigenvalue weighted by Crippen LogP contribution is -2.22. The van der Waals surface area contributed by atoms with Crippen molar-refractivity contribution in [3.63, 3.8) is 0 Å². The van der Waals surface area contributed by atoms with Crippen molar-refractivity contribution in [2.45, 2.75) is 13.5 Å². The van der Waals surface area contributed by atoms with Crippen molar-refractivity contribution in [1.82, 2.24) is 14.5 Å². The zero-order valence-corrected chi connectivity index (χ0v) is 17.3. The molecule has 152 valence electrons. The van der Waals surface area contributed by atoms with Crippen LogP contribution in [0.15, 0.2) is 58.0 Å². The highest BCUT2D eigenvalue weighted by Gasteiger charge is 2.23. The number of carbonyl (C=O) groups is 1. The van der Waals surface area contributed by atoms with Crippen LogP contribution in [0.3, 0.4) is 0 Å². The summed E-state index contributed by atoms with van der Waals surface area (Å²) in [4.78, 5) is 33.9. The SMILES string of the molecule is CCOC(=O)c1nc(-c2ccccc2)oc1Cn1cnc2c(Cl)cc(Cl)cc2c1=O. The largest absolute Gasteiger partial charge is 0.461 e. The first-order valence-corrected chi connectivity index (χ1v) is 9.80. The van der Waals surface area contributed by atoms with Crippen LogP contribution in [0.5, 0.6) is 0 Å². The summed E-state index contributed by atoms with van der Waals surface area (Å²) in [5.41, 5.74) is 0.663. The molecule has 0 spiro atoms. The zero-order valence-electron chi connectivity index (χ0n) is 15.8. The topological polar surface area (TPSA) is 87.2 Å². The van der Waals surface area contributed by atoms with Crippen molar-refractivity contribution in [2.24, 2.45) is 0 Å². The van der Waals surface area contributed by atoms with E-state index in [2.05, 4.69) is 9.97 Å². The molecule has 0 aliphatic rings. The van der Waals surface area contributed by atoms with Crippen LogP contribution in [0.1, 0.15) is 23.2 Å². The Morgan fingerprint density at radius 3 is 2.70 bits per heavy atom. The molecular weight excluding hydrogens is 429 g/mol. The van der Waals surface area contributed by atoms with Gasteiger partial charge in [0.25, 0.3) is 5.56 Å². The number of hydrogen-bond acceptors (Lipinski definition) is 6. The fraction of sp³-hybridized carbons (Fsp3) is 0.143. The molecule has 7 nitrogen and oxygen atoms in total. The van der Waals surface area contributed by atoms with E-state index in [1.54, 1.807) is 19.1 Å². The summed E-state index contributed by atoms with van der Waals surface area (Å²) < 4.78 is 12.2. The van der Waals surface area contributed by atoms with Crippen LogP contribution in [0.4, 0.5) is 0 Å². The van der Waals surface area contributed by atoms with Gasteiger partial charge in [-0.15, -0.1) is 0 Å². The molecule has 30 heavy (non-hydrogen) atoms. The third-order valence-corrected chi connectivity index (χ3v) is 4.85. The number of carbonyl (C=O) groups excluding carboxylic acids is 1. The fourth-order valence-corrected chi connectivity index (χ4v) is 3.53. The number of halogens is 2. The number of esters is 1. The van der Waals surface area contributed by atoms with Crippen molar-refractivity contribution in [3.05, 3.63) is 80.6 Å². The van der Waals surface area contributed by atoms with Crippen LogP contribution >= 0.6 is 23.2 Å². The Morgan fingerprint density at radius 1 is 1.20 bits per heavy atom. The first kappa shape index (κ1) is 20.1.